The molecule has 210 valence electrons. The van der Waals surface area contributed by atoms with Crippen LogP contribution in [0.3, 0.4) is 0 Å². The molecule has 1 saturated carbocycles. The predicted molar refractivity (Wildman–Crippen MR) is 159 cm³/mol. The fourth-order valence-corrected chi connectivity index (χ4v) is 6.77. The number of nitrogen functional groups attached to an aromatic ring is 1. The third-order valence-corrected chi connectivity index (χ3v) is 8.92. The van der Waals surface area contributed by atoms with E-state index in [2.05, 4.69) is 54.9 Å². The fraction of sp³-hybridized carbons (Fsp3) is 0.387. The number of piperidine rings is 1. The molecule has 3 aromatic heterocycles. The van der Waals surface area contributed by atoms with Crippen molar-refractivity contribution in [2.45, 2.75) is 57.0 Å². The molecule has 1 aliphatic carbocycles. The quantitative estimate of drug-likeness (QED) is 0.287. The van der Waals surface area contributed by atoms with Crippen LogP contribution in [-0.2, 0) is 11.2 Å². The second kappa shape index (κ2) is 10.6. The van der Waals surface area contributed by atoms with Crippen molar-refractivity contribution in [2.24, 2.45) is 11.7 Å². The number of carbonyl (C=O) groups is 1. The van der Waals surface area contributed by atoms with E-state index in [4.69, 9.17) is 21.5 Å². The third-order valence-electron chi connectivity index (χ3n) is 8.92. The molecule has 0 radical (unpaired) electrons. The minimum absolute atomic E-state index is 0.0277. The minimum Gasteiger partial charge on any atom is -0.383 e. The molecule has 7 rings (SSSR count). The smallest absolute Gasteiger partial charge is 0.221 e. The number of benzene rings is 2. The molecule has 41 heavy (non-hydrogen) atoms. The van der Waals surface area contributed by atoms with Crippen LogP contribution >= 0.6 is 0 Å². The van der Waals surface area contributed by atoms with E-state index in [1.165, 1.54) is 11.9 Å². The van der Waals surface area contributed by atoms with Gasteiger partial charge in [-0.2, -0.15) is 5.10 Å². The molecular weight excluding hydrogens is 514 g/mol. The standard InChI is InChI=1S/C31H35N9O/c32-29-27-28(20-8-13-24-25(16-20)37-26(36-24)15-19-5-2-1-3-6-19)38-40(31(27)35-18-34-29)23-11-9-22(10-12-23)39-14-4-7-21(17-39)30(33)41/h1-3,5-6,8,13,16,18,21-23H,4,7,9-12,14-15,17H2,(H2,33,41)(H,36,37)(H2,32,34,35)/t21?,22-,23-. The summed E-state index contributed by atoms with van der Waals surface area (Å²) >= 11 is 0. The highest BCUT2D eigenvalue weighted by molar-refractivity contribution is 5.99. The molecule has 0 spiro atoms. The van der Waals surface area contributed by atoms with Gasteiger partial charge in [-0.15, -0.1) is 0 Å². The normalized spacial score (nSPS) is 21.9. The Hall–Kier alpha value is -4.31. The number of likely N-dealkylation sites (tertiary alicyclic amines) is 1. The summed E-state index contributed by atoms with van der Waals surface area (Å²) in [5.41, 5.74) is 17.7. The first-order valence-corrected chi connectivity index (χ1v) is 14.6. The highest BCUT2D eigenvalue weighted by Crippen LogP contribution is 2.38. The predicted octanol–water partition coefficient (Wildman–Crippen LogP) is 4.22. The molecule has 2 aromatic carbocycles. The van der Waals surface area contributed by atoms with Gasteiger partial charge in [-0.05, 0) is 62.8 Å². The number of nitrogens with two attached hydrogens (primary N) is 2. The van der Waals surface area contributed by atoms with E-state index in [1.54, 1.807) is 0 Å². The Morgan fingerprint density at radius 1 is 1.00 bits per heavy atom. The van der Waals surface area contributed by atoms with Gasteiger partial charge in [0.05, 0.1) is 28.4 Å². The molecule has 1 atom stereocenters. The summed E-state index contributed by atoms with van der Waals surface area (Å²) in [4.78, 5) is 31.6. The first-order valence-electron chi connectivity index (χ1n) is 14.6. The highest BCUT2D eigenvalue weighted by Gasteiger charge is 2.33. The van der Waals surface area contributed by atoms with Crippen molar-refractivity contribution in [3.63, 3.8) is 0 Å². The van der Waals surface area contributed by atoms with Gasteiger partial charge in [-0.25, -0.2) is 19.6 Å². The van der Waals surface area contributed by atoms with Gasteiger partial charge >= 0.3 is 0 Å². The zero-order chi connectivity index (χ0) is 27.9. The van der Waals surface area contributed by atoms with E-state index < -0.39 is 0 Å². The number of carbonyl (C=O) groups excluding carboxylic acids is 1. The Labute approximate surface area is 238 Å². The van der Waals surface area contributed by atoms with Crippen molar-refractivity contribution in [1.82, 2.24) is 34.6 Å². The molecule has 5 aromatic rings. The molecular formula is C31H35N9O. The monoisotopic (exact) mass is 549 g/mol. The number of aromatic nitrogens is 6. The maximum absolute atomic E-state index is 11.8. The number of anilines is 1. The summed E-state index contributed by atoms with van der Waals surface area (Å²) in [6.45, 7) is 1.83. The van der Waals surface area contributed by atoms with Gasteiger partial charge in [0.15, 0.2) is 5.65 Å². The summed E-state index contributed by atoms with van der Waals surface area (Å²) in [7, 11) is 0. The Balaban J connectivity index is 1.15. The molecule has 4 heterocycles. The minimum atomic E-state index is -0.170. The van der Waals surface area contributed by atoms with Crippen molar-refractivity contribution >= 4 is 33.8 Å². The van der Waals surface area contributed by atoms with Crippen LogP contribution in [0.1, 0.15) is 56.0 Å². The zero-order valence-electron chi connectivity index (χ0n) is 23.0. The molecule has 5 N–H and O–H groups in total. The van der Waals surface area contributed by atoms with Crippen molar-refractivity contribution in [3.8, 4) is 11.3 Å². The number of hydrogen-bond donors (Lipinski definition) is 3. The van der Waals surface area contributed by atoms with Gasteiger partial charge in [0, 0.05) is 24.6 Å². The van der Waals surface area contributed by atoms with E-state index in [-0.39, 0.29) is 17.9 Å². The Bertz CT molecular complexity index is 1700. The van der Waals surface area contributed by atoms with Gasteiger partial charge in [-0.1, -0.05) is 36.4 Å². The number of aromatic amines is 1. The van der Waals surface area contributed by atoms with Crippen LogP contribution in [0.2, 0.25) is 0 Å². The molecule has 0 bridgehead atoms. The Kier molecular flexibility index (Phi) is 6.62. The number of H-pyrrole nitrogens is 1. The molecule has 1 amide bonds. The van der Waals surface area contributed by atoms with E-state index >= 15 is 0 Å². The number of primary amides is 1. The summed E-state index contributed by atoms with van der Waals surface area (Å²) in [5.74, 6) is 1.16. The topological polar surface area (TPSA) is 145 Å². The zero-order valence-corrected chi connectivity index (χ0v) is 23.0. The van der Waals surface area contributed by atoms with Crippen molar-refractivity contribution in [2.75, 3.05) is 18.8 Å². The second-order valence-electron chi connectivity index (χ2n) is 11.5. The number of fused-ring (bicyclic) bond motifs is 2. The maximum Gasteiger partial charge on any atom is 0.221 e. The van der Waals surface area contributed by atoms with Crippen molar-refractivity contribution in [3.05, 3.63) is 66.2 Å². The molecule has 1 unspecified atom stereocenters. The fourth-order valence-electron chi connectivity index (χ4n) is 6.77. The summed E-state index contributed by atoms with van der Waals surface area (Å²) in [6.07, 6.45) is 8.29. The third kappa shape index (κ3) is 4.93. The largest absolute Gasteiger partial charge is 0.383 e. The first kappa shape index (κ1) is 25.6. The van der Waals surface area contributed by atoms with Gasteiger partial charge in [0.2, 0.25) is 5.91 Å². The lowest BCUT2D eigenvalue weighted by Crippen LogP contribution is -2.47. The highest BCUT2D eigenvalue weighted by atomic mass is 16.1. The van der Waals surface area contributed by atoms with E-state index in [0.29, 0.717) is 11.9 Å². The lowest BCUT2D eigenvalue weighted by atomic mass is 9.87. The van der Waals surface area contributed by atoms with Crippen molar-refractivity contribution < 1.29 is 4.79 Å². The molecule has 2 aliphatic rings. The number of imidazole rings is 1. The van der Waals surface area contributed by atoms with E-state index in [1.807, 2.05) is 18.2 Å². The van der Waals surface area contributed by atoms with Crippen LogP contribution in [0.4, 0.5) is 5.82 Å². The average molecular weight is 550 g/mol. The summed E-state index contributed by atoms with van der Waals surface area (Å²) in [5, 5.41) is 5.91. The number of rotatable bonds is 6. The Morgan fingerprint density at radius 3 is 2.61 bits per heavy atom. The molecule has 1 saturated heterocycles. The molecule has 10 heteroatoms. The number of hydrogen-bond acceptors (Lipinski definition) is 7. The SMILES string of the molecule is NC(=O)C1CCCN([C@H]2CC[C@H](n3nc(-c4ccc5[nH]c(Cc6ccccc6)nc5c4)c4c(N)ncnc43)CC2)C1. The molecule has 1 aliphatic heterocycles. The lowest BCUT2D eigenvalue weighted by Gasteiger charge is -2.40. The average Bonchev–Trinajstić information content (AvgIpc) is 3.59. The van der Waals surface area contributed by atoms with Crippen LogP contribution in [-0.4, -0.2) is 59.7 Å². The van der Waals surface area contributed by atoms with E-state index in [0.717, 1.165) is 97.2 Å². The number of amides is 1. The second-order valence-corrected chi connectivity index (χ2v) is 11.5. The van der Waals surface area contributed by atoms with Gasteiger partial charge in [0.1, 0.15) is 23.7 Å². The van der Waals surface area contributed by atoms with Crippen LogP contribution in [0.15, 0.2) is 54.9 Å². The Morgan fingerprint density at radius 2 is 1.80 bits per heavy atom. The van der Waals surface area contributed by atoms with Crippen molar-refractivity contribution in [1.29, 1.82) is 0 Å². The summed E-state index contributed by atoms with van der Waals surface area (Å²) in [6, 6.07) is 17.2. The van der Waals surface area contributed by atoms with Crippen LogP contribution in [0.5, 0.6) is 0 Å². The maximum atomic E-state index is 11.8. The van der Waals surface area contributed by atoms with Crippen LogP contribution < -0.4 is 11.5 Å². The molecule has 2 fully saturated rings. The number of nitrogens with one attached hydrogen (secondary N) is 1. The first-order chi connectivity index (χ1) is 20.0. The van der Waals surface area contributed by atoms with Gasteiger partial charge in [0.25, 0.3) is 0 Å². The lowest BCUT2D eigenvalue weighted by molar-refractivity contribution is -0.123. The van der Waals surface area contributed by atoms with Gasteiger partial charge in [-0.3, -0.25) is 9.69 Å². The molecule has 10 nitrogen and oxygen atoms in total. The van der Waals surface area contributed by atoms with E-state index in [9.17, 15) is 4.79 Å². The van der Waals surface area contributed by atoms with Gasteiger partial charge < -0.3 is 16.5 Å². The van der Waals surface area contributed by atoms with Crippen LogP contribution in [0, 0.1) is 5.92 Å². The summed E-state index contributed by atoms with van der Waals surface area (Å²) < 4.78 is 2.07. The van der Waals surface area contributed by atoms with Crippen LogP contribution in [0.25, 0.3) is 33.3 Å². The number of nitrogens with zero attached hydrogens (tertiary/aromatic N) is 6.